The van der Waals surface area contributed by atoms with Crippen LogP contribution in [0.3, 0.4) is 0 Å². The Kier molecular flexibility index (Phi) is 3.84. The SMILES string of the molecule is COCCNc1ccc(C(F)(F)F)nn1. The molecular weight excluding hydrogens is 211 g/mol. The molecule has 1 rings (SSSR count). The third kappa shape index (κ3) is 3.70. The van der Waals surface area contributed by atoms with Crippen LogP contribution in [0.15, 0.2) is 12.1 Å². The van der Waals surface area contributed by atoms with Gasteiger partial charge in [-0.15, -0.1) is 10.2 Å². The molecule has 4 nitrogen and oxygen atoms in total. The van der Waals surface area contributed by atoms with Crippen LogP contribution in [-0.4, -0.2) is 30.5 Å². The summed E-state index contributed by atoms with van der Waals surface area (Å²) >= 11 is 0. The second-order valence-electron chi connectivity index (χ2n) is 2.72. The van der Waals surface area contributed by atoms with Crippen LogP contribution in [0.25, 0.3) is 0 Å². The molecule has 0 fully saturated rings. The lowest BCUT2D eigenvalue weighted by Crippen LogP contribution is -2.12. The van der Waals surface area contributed by atoms with Gasteiger partial charge in [-0.2, -0.15) is 13.2 Å². The highest BCUT2D eigenvalue weighted by Gasteiger charge is 2.32. The summed E-state index contributed by atoms with van der Waals surface area (Å²) < 4.78 is 41.0. The normalized spacial score (nSPS) is 11.5. The first-order valence-corrected chi connectivity index (χ1v) is 4.18. The van der Waals surface area contributed by atoms with Crippen molar-refractivity contribution in [2.45, 2.75) is 6.18 Å². The molecule has 0 saturated carbocycles. The zero-order valence-electron chi connectivity index (χ0n) is 8.01. The Balaban J connectivity index is 2.57. The van der Waals surface area contributed by atoms with Gasteiger partial charge in [0, 0.05) is 13.7 Å². The fourth-order valence-corrected chi connectivity index (χ4v) is 0.859. The highest BCUT2D eigenvalue weighted by atomic mass is 19.4. The molecule has 84 valence electrons. The molecule has 1 N–H and O–H groups in total. The molecule has 0 unspecified atom stereocenters. The lowest BCUT2D eigenvalue weighted by Gasteiger charge is -2.06. The number of ether oxygens (including phenoxy) is 1. The molecular formula is C8H10F3N3O. The van der Waals surface area contributed by atoms with Crippen molar-refractivity contribution in [2.24, 2.45) is 0 Å². The number of nitrogens with one attached hydrogen (secondary N) is 1. The minimum Gasteiger partial charge on any atom is -0.383 e. The number of nitrogens with zero attached hydrogens (tertiary/aromatic N) is 2. The van der Waals surface area contributed by atoms with Gasteiger partial charge in [-0.05, 0) is 12.1 Å². The fourth-order valence-electron chi connectivity index (χ4n) is 0.859. The number of hydrogen-bond acceptors (Lipinski definition) is 4. The van der Waals surface area contributed by atoms with Crippen LogP contribution in [0.5, 0.6) is 0 Å². The number of methoxy groups -OCH3 is 1. The monoisotopic (exact) mass is 221 g/mol. The summed E-state index contributed by atoms with van der Waals surface area (Å²) in [6, 6.07) is 2.10. The van der Waals surface area contributed by atoms with E-state index in [1.165, 1.54) is 13.2 Å². The number of halogens is 3. The summed E-state index contributed by atoms with van der Waals surface area (Å²) in [5, 5.41) is 9.19. The summed E-state index contributed by atoms with van der Waals surface area (Å²) in [7, 11) is 1.53. The average molecular weight is 221 g/mol. The Morgan fingerprint density at radius 3 is 2.53 bits per heavy atom. The van der Waals surface area contributed by atoms with E-state index in [4.69, 9.17) is 4.74 Å². The highest BCUT2D eigenvalue weighted by Crippen LogP contribution is 2.26. The minimum absolute atomic E-state index is 0.292. The van der Waals surface area contributed by atoms with Crippen molar-refractivity contribution in [3.63, 3.8) is 0 Å². The highest BCUT2D eigenvalue weighted by molar-refractivity contribution is 5.33. The van der Waals surface area contributed by atoms with Gasteiger partial charge in [0.1, 0.15) is 5.82 Å². The first kappa shape index (κ1) is 11.7. The van der Waals surface area contributed by atoms with E-state index < -0.39 is 11.9 Å². The molecule has 0 bridgehead atoms. The molecule has 1 aromatic rings. The lowest BCUT2D eigenvalue weighted by atomic mass is 10.4. The Morgan fingerprint density at radius 2 is 2.07 bits per heavy atom. The van der Waals surface area contributed by atoms with Crippen LogP contribution in [0, 0.1) is 0 Å². The van der Waals surface area contributed by atoms with Crippen molar-refractivity contribution in [1.82, 2.24) is 10.2 Å². The first-order chi connectivity index (χ1) is 7.04. The molecule has 1 heterocycles. The van der Waals surface area contributed by atoms with Crippen LogP contribution in [0.1, 0.15) is 5.69 Å². The molecule has 15 heavy (non-hydrogen) atoms. The molecule has 0 aromatic carbocycles. The number of alkyl halides is 3. The molecule has 7 heteroatoms. The van der Waals surface area contributed by atoms with E-state index in [1.54, 1.807) is 0 Å². The minimum atomic E-state index is -4.45. The van der Waals surface area contributed by atoms with Crippen molar-refractivity contribution in [2.75, 3.05) is 25.6 Å². The van der Waals surface area contributed by atoms with Crippen LogP contribution in [0.4, 0.5) is 19.0 Å². The van der Waals surface area contributed by atoms with E-state index in [1.807, 2.05) is 0 Å². The maximum atomic E-state index is 12.1. The van der Waals surface area contributed by atoms with Crippen molar-refractivity contribution < 1.29 is 17.9 Å². The molecule has 0 saturated heterocycles. The van der Waals surface area contributed by atoms with E-state index >= 15 is 0 Å². The summed E-state index contributed by atoms with van der Waals surface area (Å²) in [5.74, 6) is 0.292. The van der Waals surface area contributed by atoms with Crippen LogP contribution in [-0.2, 0) is 10.9 Å². The number of rotatable bonds is 4. The van der Waals surface area contributed by atoms with Gasteiger partial charge in [-0.25, -0.2) is 0 Å². The lowest BCUT2D eigenvalue weighted by molar-refractivity contribution is -0.141. The summed E-state index contributed by atoms with van der Waals surface area (Å²) in [5.41, 5.74) is -1.00. The van der Waals surface area contributed by atoms with Gasteiger partial charge in [0.25, 0.3) is 0 Å². The number of hydrogen-bond donors (Lipinski definition) is 1. The van der Waals surface area contributed by atoms with E-state index in [0.717, 1.165) is 6.07 Å². The fraction of sp³-hybridized carbons (Fsp3) is 0.500. The van der Waals surface area contributed by atoms with Gasteiger partial charge in [0.15, 0.2) is 5.69 Å². The van der Waals surface area contributed by atoms with Crippen molar-refractivity contribution in [3.05, 3.63) is 17.8 Å². The second-order valence-corrected chi connectivity index (χ2v) is 2.72. The maximum Gasteiger partial charge on any atom is 0.435 e. The number of aromatic nitrogens is 2. The second kappa shape index (κ2) is 4.92. The topological polar surface area (TPSA) is 47.0 Å². The maximum absolute atomic E-state index is 12.1. The summed E-state index contributed by atoms with van der Waals surface area (Å²) in [4.78, 5) is 0. The Bertz CT molecular complexity index is 299. The van der Waals surface area contributed by atoms with Gasteiger partial charge in [0.05, 0.1) is 6.61 Å². The molecule has 0 radical (unpaired) electrons. The molecule has 0 spiro atoms. The zero-order valence-corrected chi connectivity index (χ0v) is 8.01. The third-order valence-electron chi connectivity index (χ3n) is 1.57. The van der Waals surface area contributed by atoms with Gasteiger partial charge in [-0.3, -0.25) is 0 Å². The Hall–Kier alpha value is -1.37. The summed E-state index contributed by atoms with van der Waals surface area (Å²) in [6.07, 6.45) is -4.45. The van der Waals surface area contributed by atoms with E-state index in [9.17, 15) is 13.2 Å². The summed E-state index contributed by atoms with van der Waals surface area (Å²) in [6.45, 7) is 0.916. The van der Waals surface area contributed by atoms with Crippen LogP contribution < -0.4 is 5.32 Å². The predicted molar refractivity (Wildman–Crippen MR) is 47.4 cm³/mol. The van der Waals surface area contributed by atoms with Crippen molar-refractivity contribution >= 4 is 5.82 Å². The van der Waals surface area contributed by atoms with Crippen molar-refractivity contribution in [3.8, 4) is 0 Å². The molecule has 0 amide bonds. The van der Waals surface area contributed by atoms with Crippen LogP contribution in [0.2, 0.25) is 0 Å². The third-order valence-corrected chi connectivity index (χ3v) is 1.57. The predicted octanol–water partition coefficient (Wildman–Crippen LogP) is 1.55. The van der Waals surface area contributed by atoms with Gasteiger partial charge < -0.3 is 10.1 Å². The smallest absolute Gasteiger partial charge is 0.383 e. The van der Waals surface area contributed by atoms with Crippen LogP contribution >= 0.6 is 0 Å². The zero-order chi connectivity index (χ0) is 11.3. The van der Waals surface area contributed by atoms with Gasteiger partial charge in [-0.1, -0.05) is 0 Å². The van der Waals surface area contributed by atoms with Gasteiger partial charge in [0.2, 0.25) is 0 Å². The van der Waals surface area contributed by atoms with Crippen molar-refractivity contribution in [1.29, 1.82) is 0 Å². The Labute approximate surface area is 84.5 Å². The van der Waals surface area contributed by atoms with E-state index in [0.29, 0.717) is 19.0 Å². The molecule has 0 aliphatic carbocycles. The molecule has 0 aliphatic rings. The van der Waals surface area contributed by atoms with E-state index in [2.05, 4.69) is 15.5 Å². The molecule has 1 aromatic heterocycles. The molecule has 0 atom stereocenters. The quantitative estimate of drug-likeness (QED) is 0.783. The number of anilines is 1. The largest absolute Gasteiger partial charge is 0.435 e. The standard InChI is InChI=1S/C8H10F3N3O/c1-15-5-4-12-7-3-2-6(13-14-7)8(9,10)11/h2-3H,4-5H2,1H3,(H,12,14). The Morgan fingerprint density at radius 1 is 1.33 bits per heavy atom. The first-order valence-electron chi connectivity index (χ1n) is 4.18. The average Bonchev–Trinajstić information content (AvgIpc) is 2.18. The molecule has 0 aliphatic heterocycles. The van der Waals surface area contributed by atoms with E-state index in [-0.39, 0.29) is 0 Å². The van der Waals surface area contributed by atoms with Gasteiger partial charge >= 0.3 is 6.18 Å².